The molecule has 0 heterocycles. The molecule has 1 N–H and O–H groups in total. The standard InChI is InChI=1S/C18H25F2NO4/c1-10(2)6-14(17(23)24-5)9-21-16(22)13-7-11(3)15(12(4)8-13)25-18(19)20/h7-8,10,14,18H,6,9H2,1-5H3,(H,21,22)/t14-/m0/s1. The average molecular weight is 357 g/mol. The fourth-order valence-electron chi connectivity index (χ4n) is 2.67. The predicted molar refractivity (Wildman–Crippen MR) is 89.8 cm³/mol. The van der Waals surface area contributed by atoms with E-state index >= 15 is 0 Å². The maximum atomic E-state index is 12.4. The van der Waals surface area contributed by atoms with Crippen LogP contribution in [-0.2, 0) is 9.53 Å². The van der Waals surface area contributed by atoms with Gasteiger partial charge in [-0.1, -0.05) is 13.8 Å². The Kier molecular flexibility index (Phi) is 7.80. The molecule has 1 atom stereocenters. The van der Waals surface area contributed by atoms with Crippen molar-refractivity contribution in [3.8, 4) is 5.75 Å². The third-order valence-corrected chi connectivity index (χ3v) is 3.73. The molecule has 0 spiro atoms. The van der Waals surface area contributed by atoms with Crippen molar-refractivity contribution < 1.29 is 27.8 Å². The summed E-state index contributed by atoms with van der Waals surface area (Å²) in [6, 6.07) is 2.96. The summed E-state index contributed by atoms with van der Waals surface area (Å²) in [5.74, 6) is -0.845. The predicted octanol–water partition coefficient (Wildman–Crippen LogP) is 3.47. The summed E-state index contributed by atoms with van der Waals surface area (Å²) in [7, 11) is 1.31. The number of hydrogen-bond acceptors (Lipinski definition) is 4. The molecule has 1 rings (SSSR count). The summed E-state index contributed by atoms with van der Waals surface area (Å²) in [5.41, 5.74) is 1.21. The first-order valence-corrected chi connectivity index (χ1v) is 8.07. The van der Waals surface area contributed by atoms with Gasteiger partial charge in [0.05, 0.1) is 13.0 Å². The van der Waals surface area contributed by atoms with Crippen LogP contribution in [0, 0.1) is 25.7 Å². The Morgan fingerprint density at radius 2 is 1.72 bits per heavy atom. The van der Waals surface area contributed by atoms with E-state index in [0.717, 1.165) is 0 Å². The summed E-state index contributed by atoms with van der Waals surface area (Å²) >= 11 is 0. The molecule has 7 heteroatoms. The zero-order valence-corrected chi connectivity index (χ0v) is 15.2. The van der Waals surface area contributed by atoms with E-state index in [2.05, 4.69) is 10.1 Å². The van der Waals surface area contributed by atoms with Gasteiger partial charge in [0.25, 0.3) is 5.91 Å². The largest absolute Gasteiger partial charge is 0.469 e. The van der Waals surface area contributed by atoms with Crippen molar-refractivity contribution in [1.82, 2.24) is 5.32 Å². The Balaban J connectivity index is 2.84. The van der Waals surface area contributed by atoms with Gasteiger partial charge in [-0.15, -0.1) is 0 Å². The number of carbonyl (C=O) groups excluding carboxylic acids is 2. The maximum absolute atomic E-state index is 12.4. The van der Waals surface area contributed by atoms with Gasteiger partial charge in [-0.25, -0.2) is 0 Å². The number of ether oxygens (including phenoxy) is 2. The van der Waals surface area contributed by atoms with Crippen LogP contribution in [0.25, 0.3) is 0 Å². The van der Waals surface area contributed by atoms with Crippen molar-refractivity contribution in [2.24, 2.45) is 11.8 Å². The number of nitrogens with one attached hydrogen (secondary N) is 1. The SMILES string of the molecule is COC(=O)[C@H](CNC(=O)c1cc(C)c(OC(F)F)c(C)c1)CC(C)C. The van der Waals surface area contributed by atoms with Gasteiger partial charge >= 0.3 is 12.6 Å². The fourth-order valence-corrected chi connectivity index (χ4v) is 2.67. The summed E-state index contributed by atoms with van der Waals surface area (Å²) < 4.78 is 34.1. The van der Waals surface area contributed by atoms with Crippen molar-refractivity contribution in [1.29, 1.82) is 0 Å². The monoisotopic (exact) mass is 357 g/mol. The first kappa shape index (κ1) is 20.9. The number of alkyl halides is 2. The molecule has 1 amide bonds. The van der Waals surface area contributed by atoms with E-state index < -0.39 is 12.5 Å². The zero-order valence-electron chi connectivity index (χ0n) is 15.2. The van der Waals surface area contributed by atoms with Crippen LogP contribution in [-0.4, -0.2) is 32.1 Å². The second-order valence-corrected chi connectivity index (χ2v) is 6.38. The summed E-state index contributed by atoms with van der Waals surface area (Å²) in [6.45, 7) is 4.37. The number of methoxy groups -OCH3 is 1. The van der Waals surface area contributed by atoms with Gasteiger partial charge in [-0.05, 0) is 49.4 Å². The Morgan fingerprint density at radius 3 is 2.16 bits per heavy atom. The van der Waals surface area contributed by atoms with E-state index in [0.29, 0.717) is 23.1 Å². The van der Waals surface area contributed by atoms with Crippen LogP contribution >= 0.6 is 0 Å². The maximum Gasteiger partial charge on any atom is 0.387 e. The second kappa shape index (κ2) is 9.34. The molecule has 1 aromatic carbocycles. The number of halogens is 2. The van der Waals surface area contributed by atoms with Gasteiger partial charge in [0.2, 0.25) is 0 Å². The first-order valence-electron chi connectivity index (χ1n) is 8.07. The molecule has 0 aliphatic heterocycles. The molecule has 140 valence electrons. The smallest absolute Gasteiger partial charge is 0.387 e. The van der Waals surface area contributed by atoms with E-state index in [-0.39, 0.29) is 30.1 Å². The van der Waals surface area contributed by atoms with Crippen molar-refractivity contribution in [2.75, 3.05) is 13.7 Å². The quantitative estimate of drug-likeness (QED) is 0.724. The number of hydrogen-bond donors (Lipinski definition) is 1. The molecule has 0 aromatic heterocycles. The number of benzene rings is 1. The Labute approximate surface area is 146 Å². The number of esters is 1. The molecule has 5 nitrogen and oxygen atoms in total. The summed E-state index contributed by atoms with van der Waals surface area (Å²) in [6.07, 6.45) is 0.589. The number of aryl methyl sites for hydroxylation is 2. The second-order valence-electron chi connectivity index (χ2n) is 6.38. The van der Waals surface area contributed by atoms with E-state index in [1.165, 1.54) is 19.2 Å². The van der Waals surface area contributed by atoms with Gasteiger partial charge in [0.15, 0.2) is 0 Å². The van der Waals surface area contributed by atoms with Gasteiger partial charge in [-0.3, -0.25) is 9.59 Å². The van der Waals surface area contributed by atoms with Crippen LogP contribution in [0.3, 0.4) is 0 Å². The van der Waals surface area contributed by atoms with Crippen LogP contribution in [0.1, 0.15) is 41.8 Å². The highest BCUT2D eigenvalue weighted by atomic mass is 19.3. The Hall–Kier alpha value is -2.18. The highest BCUT2D eigenvalue weighted by molar-refractivity contribution is 5.95. The van der Waals surface area contributed by atoms with E-state index in [1.54, 1.807) is 13.8 Å². The van der Waals surface area contributed by atoms with E-state index in [4.69, 9.17) is 4.74 Å². The molecule has 0 unspecified atom stereocenters. The lowest BCUT2D eigenvalue weighted by molar-refractivity contribution is -0.145. The van der Waals surface area contributed by atoms with Gasteiger partial charge in [0.1, 0.15) is 5.75 Å². The Morgan fingerprint density at radius 1 is 1.16 bits per heavy atom. The number of amides is 1. The number of carbonyl (C=O) groups is 2. The molecule has 0 fully saturated rings. The highest BCUT2D eigenvalue weighted by Gasteiger charge is 2.22. The van der Waals surface area contributed by atoms with Crippen molar-refractivity contribution in [2.45, 2.75) is 40.7 Å². The topological polar surface area (TPSA) is 64.6 Å². The van der Waals surface area contributed by atoms with Crippen LogP contribution in [0.4, 0.5) is 8.78 Å². The van der Waals surface area contributed by atoms with Gasteiger partial charge in [0, 0.05) is 12.1 Å². The van der Waals surface area contributed by atoms with Crippen LogP contribution in [0.15, 0.2) is 12.1 Å². The van der Waals surface area contributed by atoms with Gasteiger partial charge < -0.3 is 14.8 Å². The normalized spacial score (nSPS) is 12.2. The lowest BCUT2D eigenvalue weighted by atomic mass is 9.97. The lowest BCUT2D eigenvalue weighted by Gasteiger charge is -2.18. The molecule has 0 saturated heterocycles. The average Bonchev–Trinajstić information content (AvgIpc) is 2.52. The minimum atomic E-state index is -2.92. The minimum Gasteiger partial charge on any atom is -0.469 e. The molecule has 0 aliphatic rings. The van der Waals surface area contributed by atoms with Crippen LogP contribution in [0.5, 0.6) is 5.75 Å². The third-order valence-electron chi connectivity index (χ3n) is 3.73. The molecule has 0 saturated carbocycles. The molecule has 0 aliphatic carbocycles. The van der Waals surface area contributed by atoms with E-state index in [9.17, 15) is 18.4 Å². The highest BCUT2D eigenvalue weighted by Crippen LogP contribution is 2.26. The molecule has 0 bridgehead atoms. The summed E-state index contributed by atoms with van der Waals surface area (Å²) in [4.78, 5) is 24.1. The fraction of sp³-hybridized carbons (Fsp3) is 0.556. The zero-order chi connectivity index (χ0) is 19.1. The molecule has 1 aromatic rings. The molecular weight excluding hydrogens is 332 g/mol. The summed E-state index contributed by atoms with van der Waals surface area (Å²) in [5, 5.41) is 2.71. The Bertz CT molecular complexity index is 594. The van der Waals surface area contributed by atoms with Crippen molar-refractivity contribution in [3.05, 3.63) is 28.8 Å². The number of rotatable bonds is 8. The van der Waals surface area contributed by atoms with Crippen molar-refractivity contribution in [3.63, 3.8) is 0 Å². The lowest BCUT2D eigenvalue weighted by Crippen LogP contribution is -2.34. The van der Waals surface area contributed by atoms with Crippen molar-refractivity contribution >= 4 is 11.9 Å². The van der Waals surface area contributed by atoms with Gasteiger partial charge in [-0.2, -0.15) is 8.78 Å². The van der Waals surface area contributed by atoms with Crippen LogP contribution < -0.4 is 10.1 Å². The van der Waals surface area contributed by atoms with E-state index in [1.807, 2.05) is 13.8 Å². The molecular formula is C18H25F2NO4. The molecule has 0 radical (unpaired) electrons. The molecule has 25 heavy (non-hydrogen) atoms. The third kappa shape index (κ3) is 6.32. The minimum absolute atomic E-state index is 0.0683. The first-order chi connectivity index (χ1) is 11.6. The van der Waals surface area contributed by atoms with Crippen LogP contribution in [0.2, 0.25) is 0 Å².